The van der Waals surface area contributed by atoms with Crippen molar-refractivity contribution in [3.05, 3.63) is 24.6 Å². The Labute approximate surface area is 170 Å². The summed E-state index contributed by atoms with van der Waals surface area (Å²) < 4.78 is 6.47. The number of aliphatic hydroxyl groups excluding tert-OH is 1. The first-order valence-corrected chi connectivity index (χ1v) is 10.2. The number of hydrogen-bond donors (Lipinski definition) is 4. The summed E-state index contributed by atoms with van der Waals surface area (Å²) in [7, 11) is 2.10. The first-order chi connectivity index (χ1) is 13.2. The number of benzene rings is 1. The molecular weight excluding hydrogens is 374 g/mol. The van der Waals surface area contributed by atoms with E-state index in [2.05, 4.69) is 7.05 Å². The number of ether oxygens (including phenoxy) is 1. The molecule has 4 N–H and O–H groups in total. The van der Waals surface area contributed by atoms with Gasteiger partial charge < -0.3 is 37.1 Å². The molecule has 1 aromatic carbocycles. The summed E-state index contributed by atoms with van der Waals surface area (Å²) >= 11 is 0. The second-order valence-electron chi connectivity index (χ2n) is 9.89. The number of phenolic OH excluding ortho intramolecular Hbond substituents is 2. The zero-order chi connectivity index (χ0) is 19.6. The van der Waals surface area contributed by atoms with Crippen LogP contribution in [0.3, 0.4) is 0 Å². The Morgan fingerprint density at radius 2 is 2.03 bits per heavy atom. The molecule has 2 heterocycles. The standard InChI is InChI=1S/C21H25NO6.CH3/c1-22(8-10-2-3-10)9-15(25)21-16-11-6-13(24)17(26)18(16)28-19(21)12(23)4-5-20(21,27)14(22)7-11;/h6,10,14-15,19,25,27H,2-5,7-9H2,1H3,(H-,24,26);1H3/q;-1/p+1/t14-,15-,19+,20-,21+,22+;/m1./s1. The van der Waals surface area contributed by atoms with Crippen LogP contribution in [0.1, 0.15) is 36.8 Å². The molecule has 6 atom stereocenters. The Morgan fingerprint density at radius 3 is 2.72 bits per heavy atom. The van der Waals surface area contributed by atoms with Gasteiger partial charge in [-0.2, -0.15) is 0 Å². The number of piperidine rings is 1. The van der Waals surface area contributed by atoms with Crippen molar-refractivity contribution in [3.63, 3.8) is 0 Å². The van der Waals surface area contributed by atoms with Gasteiger partial charge in [-0.05, 0) is 30.9 Å². The molecule has 2 aliphatic heterocycles. The molecule has 7 nitrogen and oxygen atoms in total. The average Bonchev–Trinajstić information content (AvgIpc) is 3.34. The summed E-state index contributed by atoms with van der Waals surface area (Å²) in [5, 5.41) is 44.4. The number of carbonyl (C=O) groups excluding carboxylic acids is 1. The maximum absolute atomic E-state index is 12.9. The van der Waals surface area contributed by atoms with E-state index in [1.165, 1.54) is 18.9 Å². The molecule has 3 fully saturated rings. The molecule has 29 heavy (non-hydrogen) atoms. The number of aromatic hydroxyl groups is 2. The number of nitrogens with zero attached hydrogens (tertiary/aromatic N) is 1. The van der Waals surface area contributed by atoms with E-state index in [4.69, 9.17) is 4.74 Å². The molecule has 1 spiro atoms. The minimum atomic E-state index is -1.30. The van der Waals surface area contributed by atoms with Crippen LogP contribution in [0.25, 0.3) is 0 Å². The molecule has 0 aromatic heterocycles. The number of hydrogen-bond acceptors (Lipinski definition) is 6. The summed E-state index contributed by atoms with van der Waals surface area (Å²) in [6, 6.07) is 1.32. The summed E-state index contributed by atoms with van der Waals surface area (Å²) in [4.78, 5) is 12.9. The largest absolute Gasteiger partial charge is 0.504 e. The summed E-state index contributed by atoms with van der Waals surface area (Å²) in [6.07, 6.45) is 1.35. The smallest absolute Gasteiger partial charge is 0.200 e. The van der Waals surface area contributed by atoms with Crippen molar-refractivity contribution < 1.29 is 34.4 Å². The highest BCUT2D eigenvalue weighted by Gasteiger charge is 2.80. The van der Waals surface area contributed by atoms with E-state index in [-0.39, 0.29) is 43.6 Å². The molecule has 0 radical (unpaired) electrons. The van der Waals surface area contributed by atoms with E-state index >= 15 is 0 Å². The number of quaternary nitrogens is 1. The molecule has 2 saturated carbocycles. The SMILES string of the molecule is C[N@+]1(CC2CC2)C[C@@H](O)[C@]23c4c5cc(O)c(O)c4O[C@H]2C(=O)CC[C@@]3(O)[C@H]1C5.[CH3-]. The fraction of sp³-hybridized carbons (Fsp3) is 0.636. The third kappa shape index (κ3) is 1.97. The molecule has 6 rings (SSSR count). The van der Waals surface area contributed by atoms with Crippen molar-refractivity contribution >= 4 is 5.78 Å². The Morgan fingerprint density at radius 1 is 1.31 bits per heavy atom. The van der Waals surface area contributed by atoms with E-state index in [1.54, 1.807) is 0 Å². The van der Waals surface area contributed by atoms with E-state index < -0.39 is 29.0 Å². The lowest BCUT2D eigenvalue weighted by molar-refractivity contribution is -0.954. The fourth-order valence-electron chi connectivity index (χ4n) is 7.12. The highest BCUT2D eigenvalue weighted by molar-refractivity contribution is 5.90. The van der Waals surface area contributed by atoms with Crippen molar-refractivity contribution in [3.8, 4) is 17.2 Å². The molecule has 1 aromatic rings. The van der Waals surface area contributed by atoms with Gasteiger partial charge in [0.1, 0.15) is 29.7 Å². The molecular formula is C22H29NO6. The van der Waals surface area contributed by atoms with Crippen molar-refractivity contribution in [1.29, 1.82) is 0 Å². The Hall–Kier alpha value is -1.83. The predicted molar refractivity (Wildman–Crippen MR) is 104 cm³/mol. The van der Waals surface area contributed by atoms with Crippen LogP contribution in [0.5, 0.6) is 17.2 Å². The Balaban J connectivity index is 0.00000181. The van der Waals surface area contributed by atoms with Gasteiger partial charge in [-0.3, -0.25) is 4.79 Å². The Kier molecular flexibility index (Phi) is 3.60. The Bertz CT molecular complexity index is 928. The molecule has 5 aliphatic rings. The van der Waals surface area contributed by atoms with Crippen LogP contribution in [-0.4, -0.2) is 74.7 Å². The van der Waals surface area contributed by atoms with Gasteiger partial charge in [0.05, 0.1) is 13.6 Å². The first kappa shape index (κ1) is 19.2. The number of ketones is 1. The van der Waals surface area contributed by atoms with Crippen molar-refractivity contribution in [2.75, 3.05) is 20.1 Å². The lowest BCUT2D eigenvalue weighted by atomic mass is 9.47. The molecule has 3 aliphatic carbocycles. The maximum Gasteiger partial charge on any atom is 0.200 e. The van der Waals surface area contributed by atoms with Gasteiger partial charge in [-0.15, -0.1) is 0 Å². The van der Waals surface area contributed by atoms with E-state index in [0.717, 1.165) is 12.1 Å². The van der Waals surface area contributed by atoms with E-state index in [9.17, 15) is 25.2 Å². The zero-order valence-electron chi connectivity index (χ0n) is 16.9. The van der Waals surface area contributed by atoms with Crippen LogP contribution in [0.2, 0.25) is 0 Å². The van der Waals surface area contributed by atoms with Crippen LogP contribution in [0.15, 0.2) is 6.07 Å². The van der Waals surface area contributed by atoms with E-state index in [0.29, 0.717) is 28.9 Å². The number of phenols is 2. The van der Waals surface area contributed by atoms with Gasteiger partial charge in [0.15, 0.2) is 23.4 Å². The van der Waals surface area contributed by atoms with Crippen LogP contribution in [0.4, 0.5) is 0 Å². The lowest BCUT2D eigenvalue weighted by Crippen LogP contribution is -2.85. The average molecular weight is 403 g/mol. The minimum absolute atomic E-state index is 0. The van der Waals surface area contributed by atoms with Crippen LogP contribution in [0, 0.1) is 13.3 Å². The monoisotopic (exact) mass is 403 g/mol. The topological polar surface area (TPSA) is 107 Å². The number of carbonyl (C=O) groups is 1. The highest BCUT2D eigenvalue weighted by atomic mass is 16.5. The first-order valence-electron chi connectivity index (χ1n) is 10.2. The van der Waals surface area contributed by atoms with Crippen molar-refractivity contribution in [2.45, 2.75) is 61.4 Å². The van der Waals surface area contributed by atoms with E-state index in [1.807, 2.05) is 0 Å². The molecule has 158 valence electrons. The van der Waals surface area contributed by atoms with Gasteiger partial charge in [0.25, 0.3) is 0 Å². The van der Waals surface area contributed by atoms with Crippen molar-refractivity contribution in [1.82, 2.24) is 0 Å². The molecule has 1 saturated heterocycles. The molecule has 0 unspecified atom stereocenters. The number of likely N-dealkylation sites (N-methyl/N-ethyl adjacent to an activating group) is 1. The quantitative estimate of drug-likeness (QED) is 0.331. The van der Waals surface area contributed by atoms with Gasteiger partial charge in [0, 0.05) is 24.3 Å². The molecule has 7 heteroatoms. The lowest BCUT2D eigenvalue weighted by Gasteiger charge is -2.65. The highest BCUT2D eigenvalue weighted by Crippen LogP contribution is 2.66. The second-order valence-corrected chi connectivity index (χ2v) is 9.89. The van der Waals surface area contributed by atoms with Crippen molar-refractivity contribution in [2.24, 2.45) is 5.92 Å². The van der Waals surface area contributed by atoms with Gasteiger partial charge in [0.2, 0.25) is 5.75 Å². The molecule has 0 amide bonds. The van der Waals surface area contributed by atoms with Crippen LogP contribution >= 0.6 is 0 Å². The fourth-order valence-corrected chi connectivity index (χ4v) is 7.12. The number of aliphatic hydroxyl groups is 2. The summed E-state index contributed by atoms with van der Waals surface area (Å²) in [5.41, 5.74) is -1.28. The predicted octanol–water partition coefficient (Wildman–Crippen LogP) is 0.797. The zero-order valence-corrected chi connectivity index (χ0v) is 16.9. The normalized spacial score (nSPS) is 44.0. The number of rotatable bonds is 2. The summed E-state index contributed by atoms with van der Waals surface area (Å²) in [6.45, 7) is 1.34. The van der Waals surface area contributed by atoms with Gasteiger partial charge in [-0.25, -0.2) is 0 Å². The third-order valence-electron chi connectivity index (χ3n) is 8.35. The number of likely N-dealkylation sites (tertiary alicyclic amines) is 1. The van der Waals surface area contributed by atoms with Gasteiger partial charge >= 0.3 is 0 Å². The third-order valence-corrected chi connectivity index (χ3v) is 8.35. The number of Topliss-reactive ketones (excluding diaryl/α,β-unsaturated/α-hetero) is 1. The maximum atomic E-state index is 12.9. The molecule has 2 bridgehead atoms. The van der Waals surface area contributed by atoms with Crippen LogP contribution in [-0.2, 0) is 16.6 Å². The van der Waals surface area contributed by atoms with Gasteiger partial charge in [-0.1, -0.05) is 0 Å². The summed E-state index contributed by atoms with van der Waals surface area (Å²) in [5.74, 6) is -0.191. The second kappa shape index (κ2) is 5.45. The van der Waals surface area contributed by atoms with Crippen LogP contribution < -0.4 is 4.74 Å². The minimum Gasteiger partial charge on any atom is -0.504 e.